The Kier molecular flexibility index (Phi) is 6.44. The highest BCUT2D eigenvalue weighted by Crippen LogP contribution is 2.40. The topological polar surface area (TPSA) is 68.2 Å². The second-order valence-electron chi connectivity index (χ2n) is 7.03. The zero-order chi connectivity index (χ0) is 20.3. The van der Waals surface area contributed by atoms with Crippen molar-refractivity contribution in [1.29, 1.82) is 0 Å². The average Bonchev–Trinajstić information content (AvgIpc) is 2.65. The first kappa shape index (κ1) is 20.5. The smallest absolute Gasteiger partial charge is 0.338 e. The van der Waals surface area contributed by atoms with Crippen LogP contribution < -0.4 is 4.74 Å². The van der Waals surface area contributed by atoms with Gasteiger partial charge in [-0.3, -0.25) is 9.69 Å². The summed E-state index contributed by atoms with van der Waals surface area (Å²) in [4.78, 5) is 31.8. The van der Waals surface area contributed by atoms with Crippen LogP contribution in [0, 0.1) is 0 Å². The highest BCUT2D eigenvalue weighted by atomic mass is 32.2. The van der Waals surface area contributed by atoms with Crippen molar-refractivity contribution in [3.8, 4) is 5.75 Å². The number of nitrogens with zero attached hydrogens (tertiary/aromatic N) is 2. The van der Waals surface area contributed by atoms with Crippen LogP contribution >= 0.6 is 11.8 Å². The third-order valence-corrected chi connectivity index (χ3v) is 5.39. The zero-order valence-corrected chi connectivity index (χ0v) is 17.5. The Labute approximate surface area is 170 Å². The number of carbonyl (C=O) groups excluding carboxylic acids is 2. The molecule has 28 heavy (non-hydrogen) atoms. The van der Waals surface area contributed by atoms with Crippen molar-refractivity contribution in [1.82, 2.24) is 4.90 Å². The van der Waals surface area contributed by atoms with Gasteiger partial charge < -0.3 is 9.47 Å². The van der Waals surface area contributed by atoms with E-state index in [2.05, 4.69) is 11.9 Å². The van der Waals surface area contributed by atoms with E-state index in [-0.39, 0.29) is 12.0 Å². The monoisotopic (exact) mass is 402 g/mol. The lowest BCUT2D eigenvalue weighted by Crippen LogP contribution is -2.46. The molecule has 1 atom stereocenters. The van der Waals surface area contributed by atoms with Crippen LogP contribution in [0.3, 0.4) is 0 Å². The van der Waals surface area contributed by atoms with Gasteiger partial charge in [0.25, 0.3) is 0 Å². The molecule has 1 fully saturated rings. The van der Waals surface area contributed by atoms with Crippen molar-refractivity contribution in [3.63, 3.8) is 0 Å². The van der Waals surface area contributed by atoms with Gasteiger partial charge >= 0.3 is 5.97 Å². The van der Waals surface area contributed by atoms with E-state index in [1.807, 2.05) is 38.1 Å². The molecule has 2 aliphatic rings. The van der Waals surface area contributed by atoms with Crippen molar-refractivity contribution >= 4 is 28.8 Å². The van der Waals surface area contributed by atoms with Crippen LogP contribution in [-0.4, -0.2) is 40.4 Å². The van der Waals surface area contributed by atoms with E-state index in [9.17, 15) is 9.59 Å². The van der Waals surface area contributed by atoms with Gasteiger partial charge in [-0.05, 0) is 44.9 Å². The Bertz CT molecular complexity index is 814. The summed E-state index contributed by atoms with van der Waals surface area (Å²) in [7, 11) is 0. The molecule has 0 spiro atoms. The number of thioether (sulfide) groups is 1. The quantitative estimate of drug-likeness (QED) is 0.671. The van der Waals surface area contributed by atoms with Crippen LogP contribution in [0.5, 0.6) is 5.75 Å². The summed E-state index contributed by atoms with van der Waals surface area (Å²) in [5.74, 6) is 0.997. The van der Waals surface area contributed by atoms with Crippen LogP contribution in [0.2, 0.25) is 0 Å². The Morgan fingerprint density at radius 3 is 2.68 bits per heavy atom. The highest BCUT2D eigenvalue weighted by molar-refractivity contribution is 8.14. The molecule has 0 aliphatic carbocycles. The SMILES string of the molecule is CCCOc1ccc(C2C(C(=O)OC(C)C)=C(C)N=C3SCCC(=O)N32)cc1. The standard InChI is InChI=1S/C21H26N2O4S/c1-5-11-26-16-8-6-15(7-9-16)19-18(20(25)27-13(2)3)14(4)22-21-23(19)17(24)10-12-28-21/h6-9,13,19H,5,10-12H2,1-4H3. The maximum atomic E-state index is 12.9. The first-order chi connectivity index (χ1) is 13.4. The molecular formula is C21H26N2O4S. The van der Waals surface area contributed by atoms with E-state index in [0.717, 1.165) is 17.7 Å². The Hall–Kier alpha value is -2.28. The lowest BCUT2D eigenvalue weighted by Gasteiger charge is -2.39. The minimum atomic E-state index is -0.542. The van der Waals surface area contributed by atoms with Gasteiger partial charge in [-0.2, -0.15) is 0 Å². The molecule has 1 aromatic rings. The zero-order valence-electron chi connectivity index (χ0n) is 16.7. The number of rotatable bonds is 6. The van der Waals surface area contributed by atoms with Crippen LogP contribution in [0.4, 0.5) is 0 Å². The number of ether oxygens (including phenoxy) is 2. The van der Waals surface area contributed by atoms with Gasteiger partial charge in [-0.1, -0.05) is 30.8 Å². The van der Waals surface area contributed by atoms with Gasteiger partial charge in [0.1, 0.15) is 5.75 Å². The van der Waals surface area contributed by atoms with Gasteiger partial charge in [0.15, 0.2) is 5.17 Å². The highest BCUT2D eigenvalue weighted by Gasteiger charge is 2.41. The predicted molar refractivity (Wildman–Crippen MR) is 110 cm³/mol. The fraction of sp³-hybridized carbons (Fsp3) is 0.476. The number of amidine groups is 1. The number of amides is 1. The first-order valence-electron chi connectivity index (χ1n) is 9.60. The fourth-order valence-electron chi connectivity index (χ4n) is 3.22. The lowest BCUT2D eigenvalue weighted by molar-refractivity contribution is -0.143. The molecule has 0 N–H and O–H groups in total. The Morgan fingerprint density at radius 1 is 1.32 bits per heavy atom. The summed E-state index contributed by atoms with van der Waals surface area (Å²) >= 11 is 1.54. The summed E-state index contributed by atoms with van der Waals surface area (Å²) in [5.41, 5.74) is 1.84. The fourth-order valence-corrected chi connectivity index (χ4v) is 4.22. The minimum Gasteiger partial charge on any atom is -0.494 e. The van der Waals surface area contributed by atoms with Crippen molar-refractivity contribution in [2.24, 2.45) is 4.99 Å². The molecular weight excluding hydrogens is 376 g/mol. The molecule has 150 valence electrons. The van der Waals surface area contributed by atoms with Crippen molar-refractivity contribution in [2.75, 3.05) is 12.4 Å². The molecule has 0 aromatic heterocycles. The minimum absolute atomic E-state index is 0.0313. The maximum Gasteiger partial charge on any atom is 0.338 e. The largest absolute Gasteiger partial charge is 0.494 e. The van der Waals surface area contributed by atoms with Gasteiger partial charge in [0, 0.05) is 12.2 Å². The lowest BCUT2D eigenvalue weighted by atomic mass is 9.94. The number of esters is 1. The number of aliphatic imine (C=N–C) groups is 1. The Balaban J connectivity index is 2.03. The van der Waals surface area contributed by atoms with E-state index in [0.29, 0.717) is 35.2 Å². The average molecular weight is 403 g/mol. The second-order valence-corrected chi connectivity index (χ2v) is 8.09. The first-order valence-corrected chi connectivity index (χ1v) is 10.6. The summed E-state index contributed by atoms with van der Waals surface area (Å²) in [6.45, 7) is 8.11. The second kappa shape index (κ2) is 8.82. The summed E-state index contributed by atoms with van der Waals surface area (Å²) in [6.07, 6.45) is 1.09. The molecule has 2 aliphatic heterocycles. The van der Waals surface area contributed by atoms with Gasteiger partial charge in [-0.15, -0.1) is 0 Å². The van der Waals surface area contributed by atoms with Crippen molar-refractivity contribution < 1.29 is 19.1 Å². The van der Waals surface area contributed by atoms with Crippen LogP contribution in [0.1, 0.15) is 52.1 Å². The molecule has 2 heterocycles. The van der Waals surface area contributed by atoms with E-state index >= 15 is 0 Å². The van der Waals surface area contributed by atoms with Crippen molar-refractivity contribution in [3.05, 3.63) is 41.1 Å². The van der Waals surface area contributed by atoms with Gasteiger partial charge in [-0.25, -0.2) is 9.79 Å². The third-order valence-electron chi connectivity index (χ3n) is 4.44. The van der Waals surface area contributed by atoms with Crippen LogP contribution in [0.25, 0.3) is 0 Å². The third kappa shape index (κ3) is 4.24. The molecule has 0 saturated carbocycles. The Morgan fingerprint density at radius 2 is 2.04 bits per heavy atom. The molecule has 6 nitrogen and oxygen atoms in total. The molecule has 7 heteroatoms. The van der Waals surface area contributed by atoms with E-state index < -0.39 is 12.0 Å². The molecule has 1 amide bonds. The summed E-state index contributed by atoms with van der Waals surface area (Å²) in [6, 6.07) is 7.01. The number of benzene rings is 1. The normalized spacial score (nSPS) is 19.5. The maximum absolute atomic E-state index is 12.9. The van der Waals surface area contributed by atoms with Gasteiger partial charge in [0.05, 0.1) is 30.0 Å². The molecule has 0 bridgehead atoms. The number of hydrogen-bond acceptors (Lipinski definition) is 6. The molecule has 0 radical (unpaired) electrons. The van der Waals surface area contributed by atoms with E-state index in [1.165, 1.54) is 11.8 Å². The molecule has 1 aromatic carbocycles. The van der Waals surface area contributed by atoms with Crippen molar-refractivity contribution in [2.45, 2.75) is 52.7 Å². The van der Waals surface area contributed by atoms with E-state index in [4.69, 9.17) is 9.47 Å². The number of carbonyl (C=O) groups is 2. The van der Waals surface area contributed by atoms with Gasteiger partial charge in [0.2, 0.25) is 5.91 Å². The molecule has 1 unspecified atom stereocenters. The number of hydrogen-bond donors (Lipinski definition) is 0. The van der Waals surface area contributed by atoms with E-state index in [1.54, 1.807) is 11.8 Å². The summed E-state index contributed by atoms with van der Waals surface area (Å²) in [5, 5.41) is 0.645. The predicted octanol–water partition coefficient (Wildman–Crippen LogP) is 4.08. The summed E-state index contributed by atoms with van der Waals surface area (Å²) < 4.78 is 11.1. The van der Waals surface area contributed by atoms with Crippen LogP contribution in [0.15, 0.2) is 40.5 Å². The number of fused-ring (bicyclic) bond motifs is 1. The molecule has 3 rings (SSSR count). The molecule has 1 saturated heterocycles. The van der Waals surface area contributed by atoms with Crippen LogP contribution in [-0.2, 0) is 14.3 Å². The number of allylic oxidation sites excluding steroid dienone is 1.